The molecule has 0 amide bonds. The second-order valence-electron chi connectivity index (χ2n) is 2.71. The molecule has 1 aromatic rings. The van der Waals surface area contributed by atoms with Gasteiger partial charge in [0, 0.05) is 25.7 Å². The van der Waals surface area contributed by atoms with Crippen molar-refractivity contribution in [2.45, 2.75) is 13.5 Å². The number of nitrogens with zero attached hydrogens (tertiary/aromatic N) is 1. The van der Waals surface area contributed by atoms with E-state index in [2.05, 4.69) is 15.8 Å². The molecule has 0 bridgehead atoms. The normalized spacial score (nSPS) is 10.5. The lowest BCUT2D eigenvalue weighted by atomic mass is 10.4. The van der Waals surface area contributed by atoms with Gasteiger partial charge in [-0.05, 0) is 14.0 Å². The van der Waals surface area contributed by atoms with Crippen LogP contribution in [0.4, 0.5) is 0 Å². The largest absolute Gasteiger partial charge is 0.361 e. The standard InChI is InChI=1S/C8H15N3O/c1-7-5-8(11-12-7)6-10-4-3-9-2/h5,9-10H,3-4,6H2,1-2H3. The van der Waals surface area contributed by atoms with E-state index in [-0.39, 0.29) is 0 Å². The second kappa shape index (κ2) is 4.90. The summed E-state index contributed by atoms with van der Waals surface area (Å²) >= 11 is 0. The Morgan fingerprint density at radius 1 is 1.50 bits per heavy atom. The Labute approximate surface area is 72.3 Å². The van der Waals surface area contributed by atoms with Crippen LogP contribution in [-0.2, 0) is 6.54 Å². The van der Waals surface area contributed by atoms with Crippen molar-refractivity contribution in [2.75, 3.05) is 20.1 Å². The number of hydrogen-bond donors (Lipinski definition) is 2. The maximum atomic E-state index is 4.92. The number of rotatable bonds is 5. The minimum absolute atomic E-state index is 0.777. The van der Waals surface area contributed by atoms with E-state index in [1.807, 2.05) is 20.0 Å². The Kier molecular flexibility index (Phi) is 3.76. The third-order valence-electron chi connectivity index (χ3n) is 1.53. The fourth-order valence-corrected chi connectivity index (χ4v) is 0.931. The van der Waals surface area contributed by atoms with Gasteiger partial charge in [-0.2, -0.15) is 0 Å². The van der Waals surface area contributed by atoms with Crippen LogP contribution in [0.15, 0.2) is 10.6 Å². The molecule has 0 fully saturated rings. The van der Waals surface area contributed by atoms with Gasteiger partial charge in [-0.3, -0.25) is 0 Å². The number of nitrogens with one attached hydrogen (secondary N) is 2. The topological polar surface area (TPSA) is 50.1 Å². The molecular weight excluding hydrogens is 154 g/mol. The van der Waals surface area contributed by atoms with Gasteiger partial charge in [-0.1, -0.05) is 5.16 Å². The first-order chi connectivity index (χ1) is 5.83. The van der Waals surface area contributed by atoms with Crippen LogP contribution < -0.4 is 10.6 Å². The highest BCUT2D eigenvalue weighted by atomic mass is 16.5. The summed E-state index contributed by atoms with van der Waals surface area (Å²) in [4.78, 5) is 0. The highest BCUT2D eigenvalue weighted by Gasteiger charge is 1.97. The average Bonchev–Trinajstić information content (AvgIpc) is 2.45. The molecule has 2 N–H and O–H groups in total. The molecule has 1 heterocycles. The van der Waals surface area contributed by atoms with E-state index >= 15 is 0 Å². The summed E-state index contributed by atoms with van der Waals surface area (Å²) in [6.07, 6.45) is 0. The van der Waals surface area contributed by atoms with Crippen molar-refractivity contribution in [3.05, 3.63) is 17.5 Å². The molecule has 68 valence electrons. The van der Waals surface area contributed by atoms with Gasteiger partial charge < -0.3 is 15.2 Å². The van der Waals surface area contributed by atoms with Crippen LogP contribution in [0.2, 0.25) is 0 Å². The first-order valence-corrected chi connectivity index (χ1v) is 4.10. The molecule has 0 aliphatic heterocycles. The summed E-state index contributed by atoms with van der Waals surface area (Å²) in [5.74, 6) is 0.861. The predicted octanol–water partition coefficient (Wildman–Crippen LogP) is 0.292. The summed E-state index contributed by atoms with van der Waals surface area (Å²) in [7, 11) is 1.93. The number of hydrogen-bond acceptors (Lipinski definition) is 4. The maximum Gasteiger partial charge on any atom is 0.133 e. The molecule has 0 aliphatic carbocycles. The molecule has 0 aliphatic rings. The van der Waals surface area contributed by atoms with Crippen molar-refractivity contribution >= 4 is 0 Å². The molecule has 0 saturated heterocycles. The zero-order valence-corrected chi connectivity index (χ0v) is 7.55. The molecule has 0 saturated carbocycles. The van der Waals surface area contributed by atoms with Gasteiger partial charge in [-0.15, -0.1) is 0 Å². The highest BCUT2D eigenvalue weighted by Crippen LogP contribution is 1.99. The van der Waals surface area contributed by atoms with Crippen LogP contribution in [0.25, 0.3) is 0 Å². The van der Waals surface area contributed by atoms with Gasteiger partial charge in [0.25, 0.3) is 0 Å². The van der Waals surface area contributed by atoms with Crippen LogP contribution in [0.3, 0.4) is 0 Å². The molecule has 0 radical (unpaired) electrons. The summed E-state index contributed by atoms with van der Waals surface area (Å²) < 4.78 is 4.92. The first-order valence-electron chi connectivity index (χ1n) is 4.10. The van der Waals surface area contributed by atoms with Gasteiger partial charge in [0.05, 0.1) is 5.69 Å². The Hall–Kier alpha value is -0.870. The van der Waals surface area contributed by atoms with Crippen molar-refractivity contribution in [1.29, 1.82) is 0 Å². The summed E-state index contributed by atoms with van der Waals surface area (Å²) in [6, 6.07) is 1.94. The van der Waals surface area contributed by atoms with E-state index in [1.165, 1.54) is 0 Å². The van der Waals surface area contributed by atoms with Gasteiger partial charge >= 0.3 is 0 Å². The van der Waals surface area contributed by atoms with Gasteiger partial charge in [0.15, 0.2) is 0 Å². The van der Waals surface area contributed by atoms with Gasteiger partial charge in [0.1, 0.15) is 5.76 Å². The number of likely N-dealkylation sites (N-methyl/N-ethyl adjacent to an activating group) is 1. The molecule has 1 aromatic heterocycles. The summed E-state index contributed by atoms with van der Waals surface area (Å²) in [5.41, 5.74) is 0.962. The molecule has 12 heavy (non-hydrogen) atoms. The Balaban J connectivity index is 2.15. The minimum atomic E-state index is 0.777. The van der Waals surface area contributed by atoms with Crippen molar-refractivity contribution in [2.24, 2.45) is 0 Å². The quantitative estimate of drug-likeness (QED) is 0.622. The van der Waals surface area contributed by atoms with Crippen molar-refractivity contribution in [1.82, 2.24) is 15.8 Å². The number of aryl methyl sites for hydroxylation is 1. The van der Waals surface area contributed by atoms with Gasteiger partial charge in [-0.25, -0.2) is 0 Å². The molecule has 4 heteroatoms. The molecule has 1 rings (SSSR count). The van der Waals surface area contributed by atoms with Crippen LogP contribution in [0, 0.1) is 6.92 Å². The number of aromatic nitrogens is 1. The molecule has 0 spiro atoms. The fourth-order valence-electron chi connectivity index (χ4n) is 0.931. The Bertz CT molecular complexity index is 222. The molecule has 0 atom stereocenters. The zero-order chi connectivity index (χ0) is 8.81. The Morgan fingerprint density at radius 2 is 2.33 bits per heavy atom. The van der Waals surface area contributed by atoms with E-state index in [0.717, 1.165) is 31.1 Å². The minimum Gasteiger partial charge on any atom is -0.361 e. The van der Waals surface area contributed by atoms with Crippen LogP contribution >= 0.6 is 0 Å². The van der Waals surface area contributed by atoms with E-state index in [0.29, 0.717) is 0 Å². The predicted molar refractivity (Wildman–Crippen MR) is 46.9 cm³/mol. The SMILES string of the molecule is CNCCNCc1cc(C)on1. The lowest BCUT2D eigenvalue weighted by Gasteiger charge is -1.99. The smallest absolute Gasteiger partial charge is 0.133 e. The molecular formula is C8H15N3O. The lowest BCUT2D eigenvalue weighted by Crippen LogP contribution is -2.24. The van der Waals surface area contributed by atoms with E-state index in [9.17, 15) is 0 Å². The first kappa shape index (κ1) is 9.22. The van der Waals surface area contributed by atoms with Crippen molar-refractivity contribution in [3.8, 4) is 0 Å². The van der Waals surface area contributed by atoms with Crippen LogP contribution in [0.1, 0.15) is 11.5 Å². The maximum absolute atomic E-state index is 4.92. The Morgan fingerprint density at radius 3 is 2.92 bits per heavy atom. The van der Waals surface area contributed by atoms with Crippen LogP contribution in [-0.4, -0.2) is 25.3 Å². The summed E-state index contributed by atoms with van der Waals surface area (Å²) in [6.45, 7) is 4.59. The molecule has 0 aromatic carbocycles. The third-order valence-corrected chi connectivity index (χ3v) is 1.53. The molecule has 4 nitrogen and oxygen atoms in total. The van der Waals surface area contributed by atoms with Crippen molar-refractivity contribution < 1.29 is 4.52 Å². The zero-order valence-electron chi connectivity index (χ0n) is 7.55. The van der Waals surface area contributed by atoms with Crippen molar-refractivity contribution in [3.63, 3.8) is 0 Å². The third kappa shape index (κ3) is 3.02. The average molecular weight is 169 g/mol. The monoisotopic (exact) mass is 169 g/mol. The van der Waals surface area contributed by atoms with E-state index < -0.39 is 0 Å². The fraction of sp³-hybridized carbons (Fsp3) is 0.625. The molecule has 0 unspecified atom stereocenters. The van der Waals surface area contributed by atoms with Gasteiger partial charge in [0.2, 0.25) is 0 Å². The highest BCUT2D eigenvalue weighted by molar-refractivity contribution is 5.02. The van der Waals surface area contributed by atoms with E-state index in [1.54, 1.807) is 0 Å². The second-order valence-corrected chi connectivity index (χ2v) is 2.71. The summed E-state index contributed by atoms with van der Waals surface area (Å²) in [5, 5.41) is 10.1. The lowest BCUT2D eigenvalue weighted by molar-refractivity contribution is 0.388. The van der Waals surface area contributed by atoms with E-state index in [4.69, 9.17) is 4.52 Å². The van der Waals surface area contributed by atoms with Crippen LogP contribution in [0.5, 0.6) is 0 Å².